The number of rotatable bonds is 0. The van der Waals surface area contributed by atoms with Crippen LogP contribution in [-0.4, -0.2) is 91.9 Å². The van der Waals surface area contributed by atoms with Crippen molar-refractivity contribution >= 4 is 259 Å². The monoisotopic (exact) mass is 1970 g/mol. The summed E-state index contributed by atoms with van der Waals surface area (Å²) < 4.78 is 19.3. The molecule has 10 heteroatoms. The minimum absolute atomic E-state index is 0.825. The van der Waals surface area contributed by atoms with Crippen molar-refractivity contribution < 1.29 is 0 Å². The molecule has 462 valence electrons. The van der Waals surface area contributed by atoms with Crippen molar-refractivity contribution in [3.63, 3.8) is 0 Å². The zero-order valence-corrected chi connectivity index (χ0v) is 75.3. The van der Waals surface area contributed by atoms with Crippen LogP contribution in [0.2, 0.25) is 59.4 Å². The molecule has 0 spiro atoms. The summed E-state index contributed by atoms with van der Waals surface area (Å²) in [6.07, 6.45) is 22.6. The van der Waals surface area contributed by atoms with Crippen LogP contribution in [0.15, 0.2) is 214 Å². The normalized spacial score (nSPS) is 15.7. The van der Waals surface area contributed by atoms with Gasteiger partial charge in [-0.1, -0.05) is 0 Å². The molecule has 0 saturated carbocycles. The molecule has 5 aliphatic heterocycles. The molecule has 5 heterocycles. The Bertz CT molecular complexity index is 4310. The van der Waals surface area contributed by atoms with E-state index in [4.69, 9.17) is 23.2 Å². The Morgan fingerprint density at radius 2 is 0.446 bits per heavy atom. The van der Waals surface area contributed by atoms with Gasteiger partial charge in [-0.25, -0.2) is 0 Å². The third kappa shape index (κ3) is 15.1. The molecule has 0 N–H and O–H groups in total. The molecule has 0 radical (unpaired) electrons. The van der Waals surface area contributed by atoms with Crippen molar-refractivity contribution in [2.24, 2.45) is 0 Å². The first-order valence-corrected chi connectivity index (χ1v) is 77.6. The molecule has 0 amide bonds. The van der Waals surface area contributed by atoms with Gasteiger partial charge >= 0.3 is 613 Å². The van der Waals surface area contributed by atoms with E-state index in [0.717, 1.165) is 10.0 Å². The first kappa shape index (κ1) is 70.2. The summed E-state index contributed by atoms with van der Waals surface area (Å²) >= 11 is 10.8. The van der Waals surface area contributed by atoms with Gasteiger partial charge in [0.05, 0.1) is 0 Å². The van der Waals surface area contributed by atoms with E-state index in [1.165, 1.54) is 87.3 Å². The summed E-state index contributed by atoms with van der Waals surface area (Å²) in [6.45, 7) is 4.33. The zero-order chi connectivity index (χ0) is 65.5. The summed E-state index contributed by atoms with van der Waals surface area (Å²) in [5.41, 5.74) is 16.5. The van der Waals surface area contributed by atoms with Gasteiger partial charge in [0.15, 0.2) is 0 Å². The van der Waals surface area contributed by atoms with Crippen molar-refractivity contribution in [3.05, 3.63) is 290 Å². The number of halogens is 5. The van der Waals surface area contributed by atoms with Crippen LogP contribution < -0.4 is 35.8 Å². The predicted molar refractivity (Wildman–Crippen MR) is 435 cm³/mol. The molecule has 0 atom stereocenters. The van der Waals surface area contributed by atoms with E-state index < -0.39 is 91.9 Å². The predicted octanol–water partition coefficient (Wildman–Crippen LogP) is 19.2. The molecule has 0 fully saturated rings. The molecule has 0 saturated heterocycles. The summed E-state index contributed by atoms with van der Waals surface area (Å²) in [6, 6.07) is 73.3. The van der Waals surface area contributed by atoms with Crippen LogP contribution >= 0.6 is 71.0 Å². The molecule has 10 aromatic rings. The number of fused-ring (bicyclic) bond motifs is 10. The van der Waals surface area contributed by atoms with Crippen LogP contribution in [0.1, 0.15) is 66.8 Å². The van der Waals surface area contributed by atoms with Crippen molar-refractivity contribution in [2.45, 2.75) is 63.2 Å². The van der Waals surface area contributed by atoms with Crippen LogP contribution in [0.3, 0.4) is 0 Å². The number of hydrogen-bond donors (Lipinski definition) is 0. The van der Waals surface area contributed by atoms with Gasteiger partial charge in [-0.05, 0) is 0 Å². The van der Waals surface area contributed by atoms with Gasteiger partial charge < -0.3 is 0 Å². The van der Waals surface area contributed by atoms with E-state index >= 15 is 0 Å². The molecule has 0 aliphatic carbocycles. The fourth-order valence-corrected chi connectivity index (χ4v) is 60.7. The SMILES string of the molecule is Cc1cc[c]2c(c1)C=Cc1cc(Br)cc[c]1[Sn]2([CH3])[CH3].Cc1cc[c]2c(c1)C=Cc1cc(Cl)cc[c]1[Sn]2([CH3])[CH3].[CH3][Sn]1([CH3])[c]2cc(Br)ccc2C=Cc2ccc(Br)c[c]21.[CH3][Sn]1([CH3])[c]2ccccc2C=Cc2cc(Cl)cc[c]21.[CH3][Sn]1([CH3])[c]2ccccc2C=Cc2cccc[c]21. The fourth-order valence-electron chi connectivity index (χ4n) is 14.2. The van der Waals surface area contributed by atoms with Crippen LogP contribution in [0.25, 0.3) is 60.8 Å². The Hall–Kier alpha value is -3.09. The Morgan fingerprint density at radius 1 is 0.217 bits per heavy atom. The van der Waals surface area contributed by atoms with Gasteiger partial charge in [0.2, 0.25) is 0 Å². The van der Waals surface area contributed by atoms with Gasteiger partial charge in [0.25, 0.3) is 0 Å². The van der Waals surface area contributed by atoms with Gasteiger partial charge in [-0.3, -0.25) is 0 Å². The van der Waals surface area contributed by atoms with Gasteiger partial charge in [0.1, 0.15) is 0 Å². The van der Waals surface area contributed by atoms with Gasteiger partial charge in [-0.2, -0.15) is 0 Å². The average molecular weight is 1970 g/mol. The zero-order valence-electron chi connectivity index (χ0n) is 54.7. The quantitative estimate of drug-likeness (QED) is 0.133. The fraction of sp³-hybridized carbons (Fsp3) is 0.146. The maximum atomic E-state index is 6.15. The molecule has 0 nitrogen and oxygen atoms in total. The summed E-state index contributed by atoms with van der Waals surface area (Å²) in [7, 11) is 0. The third-order valence-corrected chi connectivity index (χ3v) is 72.6. The second-order valence-electron chi connectivity index (χ2n) is 27.4. The molecule has 15 rings (SSSR count). The van der Waals surface area contributed by atoms with Gasteiger partial charge in [-0.15, -0.1) is 0 Å². The summed E-state index contributed by atoms with van der Waals surface area (Å²) in [5, 5.41) is 1.65. The molecule has 5 aliphatic rings. The van der Waals surface area contributed by atoms with E-state index in [2.05, 4.69) is 360 Å². The second-order valence-corrected chi connectivity index (χ2v) is 92.8. The summed E-state index contributed by atoms with van der Waals surface area (Å²) in [4.78, 5) is 25.0. The van der Waals surface area contributed by atoms with Crippen molar-refractivity contribution in [1.82, 2.24) is 0 Å². The van der Waals surface area contributed by atoms with E-state index in [1.807, 2.05) is 12.1 Å². The Labute approximate surface area is 604 Å². The molecular weight excluding hydrogens is 1890 g/mol. The molecule has 92 heavy (non-hydrogen) atoms. The first-order chi connectivity index (χ1) is 43.7. The van der Waals surface area contributed by atoms with Crippen LogP contribution in [0.5, 0.6) is 0 Å². The number of aryl methyl sites for hydroxylation is 2. The third-order valence-electron chi connectivity index (χ3n) is 19.3. The minimum atomic E-state index is -2.51. The number of hydrogen-bond acceptors (Lipinski definition) is 0. The number of benzene rings is 10. The Balaban J connectivity index is 0.000000118. The van der Waals surface area contributed by atoms with E-state index in [0.29, 0.717) is 0 Å². The molecule has 0 aromatic heterocycles. The van der Waals surface area contributed by atoms with Crippen molar-refractivity contribution in [2.75, 3.05) is 0 Å². The Morgan fingerprint density at radius 3 is 0.793 bits per heavy atom. The van der Waals surface area contributed by atoms with E-state index in [1.54, 1.807) is 28.6 Å². The van der Waals surface area contributed by atoms with Crippen LogP contribution in [0, 0.1) is 13.8 Å². The second kappa shape index (κ2) is 29.2. The topological polar surface area (TPSA) is 0 Å². The molecule has 10 aromatic carbocycles. The van der Waals surface area contributed by atoms with E-state index in [9.17, 15) is 0 Å². The molecular formula is C82H79Br3Cl2Sn5. The summed E-state index contributed by atoms with van der Waals surface area (Å²) in [5.74, 6) is 0. The molecule has 0 bridgehead atoms. The van der Waals surface area contributed by atoms with Crippen molar-refractivity contribution in [3.8, 4) is 0 Å². The molecule has 0 unspecified atom stereocenters. The van der Waals surface area contributed by atoms with Crippen LogP contribution in [-0.2, 0) is 0 Å². The maximum absolute atomic E-state index is 6.15. The standard InChI is InChI=1S/C15H11Br.C15H11Cl.C14H8Br2.C14H9Cl.C14H10.10CH3.5Sn/c2*1-12-4-2-5-13(10-12)8-9-14-6-3-7-15(16)11-14;15-13-7-3-11(4-8-13)1-2-12-5-9-14(16)10-6-12;15-14-8-4-7-13(11-14)10-9-12-5-2-1-3-6-12;1-3-7-13(8-4-1)11-12-14-9-5-2-6-10-14;;;;;;;;;;;;;;;/h2*2-4,7-11H,1H3;1-3,5,7-10H;1-5,8-11H;1-7,9,11-12H;10*1H3;;;;;. The Kier molecular flexibility index (Phi) is 22.3. The van der Waals surface area contributed by atoms with Crippen molar-refractivity contribution in [1.29, 1.82) is 0 Å². The average Bonchev–Trinajstić information content (AvgIpc) is 1.57. The van der Waals surface area contributed by atoms with Gasteiger partial charge in [0, 0.05) is 0 Å². The first-order valence-electron chi connectivity index (χ1n) is 31.6. The van der Waals surface area contributed by atoms with Crippen LogP contribution in [0.4, 0.5) is 0 Å². The van der Waals surface area contributed by atoms with E-state index in [-0.39, 0.29) is 0 Å².